The van der Waals surface area contributed by atoms with Gasteiger partial charge in [-0.3, -0.25) is 4.68 Å². The molecule has 2 rings (SSSR count). The van der Waals surface area contributed by atoms with Gasteiger partial charge in [-0.05, 0) is 39.9 Å². The highest BCUT2D eigenvalue weighted by atomic mass is 32.2. The fourth-order valence-corrected chi connectivity index (χ4v) is 4.03. The van der Waals surface area contributed by atoms with Crippen LogP contribution in [0.15, 0.2) is 17.3 Å². The first-order valence-corrected chi connectivity index (χ1v) is 8.78. The van der Waals surface area contributed by atoms with E-state index in [2.05, 4.69) is 10.00 Å². The lowest BCUT2D eigenvalue weighted by Crippen LogP contribution is -2.44. The van der Waals surface area contributed by atoms with Crippen LogP contribution in [0.1, 0.15) is 19.3 Å². The molecule has 2 N–H and O–H groups in total. The van der Waals surface area contributed by atoms with Gasteiger partial charge < -0.3 is 10.6 Å². The largest absolute Gasteiger partial charge is 0.330 e. The first-order chi connectivity index (χ1) is 9.95. The number of rotatable bonds is 6. The van der Waals surface area contributed by atoms with Crippen molar-refractivity contribution >= 4 is 10.0 Å². The van der Waals surface area contributed by atoms with E-state index in [1.165, 1.54) is 6.20 Å². The van der Waals surface area contributed by atoms with Gasteiger partial charge in [0.1, 0.15) is 4.90 Å². The van der Waals surface area contributed by atoms with Crippen LogP contribution in [0, 0.1) is 0 Å². The maximum Gasteiger partial charge on any atom is 0.246 e. The third kappa shape index (κ3) is 3.82. The van der Waals surface area contributed by atoms with Gasteiger partial charge in [-0.15, -0.1) is 0 Å². The molecule has 2 heterocycles. The number of sulfonamides is 1. The Morgan fingerprint density at radius 2 is 2.05 bits per heavy atom. The van der Waals surface area contributed by atoms with Gasteiger partial charge in [-0.25, -0.2) is 8.42 Å². The van der Waals surface area contributed by atoms with E-state index in [-0.39, 0.29) is 4.90 Å². The molecule has 0 spiro atoms. The Hall–Kier alpha value is -0.960. The number of hydrogen-bond acceptors (Lipinski definition) is 5. The van der Waals surface area contributed by atoms with E-state index in [1.807, 2.05) is 14.1 Å². The van der Waals surface area contributed by atoms with Crippen LogP contribution in [-0.4, -0.2) is 67.2 Å². The molecule has 1 aromatic rings. The number of hydrogen-bond donors (Lipinski definition) is 1. The molecule has 7 nitrogen and oxygen atoms in total. The van der Waals surface area contributed by atoms with Gasteiger partial charge in [0.15, 0.2) is 0 Å². The molecule has 0 aromatic carbocycles. The molecule has 0 saturated carbocycles. The monoisotopic (exact) mass is 315 g/mol. The van der Waals surface area contributed by atoms with Crippen molar-refractivity contribution in [2.45, 2.75) is 36.7 Å². The number of aryl methyl sites for hydroxylation is 1. The van der Waals surface area contributed by atoms with E-state index in [1.54, 1.807) is 15.2 Å². The molecule has 0 bridgehead atoms. The second kappa shape index (κ2) is 6.87. The Balaban J connectivity index is 2.03. The summed E-state index contributed by atoms with van der Waals surface area (Å²) in [6.45, 7) is 2.35. The zero-order valence-corrected chi connectivity index (χ0v) is 13.6. The SMILES string of the molecule is CN(C)C1CCN(S(=O)(=O)c2cnn(CCCN)c2)CC1. The van der Waals surface area contributed by atoms with Crippen molar-refractivity contribution in [3.63, 3.8) is 0 Å². The minimum absolute atomic E-state index is 0.280. The number of nitrogens with two attached hydrogens (primary N) is 1. The molecule has 120 valence electrons. The van der Waals surface area contributed by atoms with Crippen LogP contribution in [0.3, 0.4) is 0 Å². The second-order valence-electron chi connectivity index (χ2n) is 5.68. The van der Waals surface area contributed by atoms with Gasteiger partial charge in [-0.1, -0.05) is 0 Å². The third-order valence-electron chi connectivity index (χ3n) is 3.99. The molecule has 8 heteroatoms. The van der Waals surface area contributed by atoms with Crippen LogP contribution in [0.2, 0.25) is 0 Å². The topological polar surface area (TPSA) is 84.5 Å². The number of aromatic nitrogens is 2. The molecule has 0 aliphatic carbocycles. The molecule has 1 fully saturated rings. The van der Waals surface area contributed by atoms with Crippen molar-refractivity contribution in [3.05, 3.63) is 12.4 Å². The molecular formula is C13H25N5O2S. The molecule has 0 radical (unpaired) electrons. The maximum atomic E-state index is 12.6. The number of piperidine rings is 1. The summed E-state index contributed by atoms with van der Waals surface area (Å²) in [5.74, 6) is 0. The summed E-state index contributed by atoms with van der Waals surface area (Å²) in [6, 6.07) is 0.462. The highest BCUT2D eigenvalue weighted by molar-refractivity contribution is 7.89. The van der Waals surface area contributed by atoms with Crippen LogP contribution in [0.5, 0.6) is 0 Å². The molecule has 1 saturated heterocycles. The Labute approximate surface area is 126 Å². The molecule has 1 aromatic heterocycles. The molecule has 0 unspecified atom stereocenters. The van der Waals surface area contributed by atoms with Crippen molar-refractivity contribution in [1.82, 2.24) is 19.0 Å². The van der Waals surface area contributed by atoms with E-state index in [0.29, 0.717) is 32.2 Å². The lowest BCUT2D eigenvalue weighted by molar-refractivity contribution is 0.196. The lowest BCUT2D eigenvalue weighted by atomic mass is 10.1. The van der Waals surface area contributed by atoms with E-state index in [9.17, 15) is 8.42 Å². The van der Waals surface area contributed by atoms with Gasteiger partial charge in [0.25, 0.3) is 0 Å². The van der Waals surface area contributed by atoms with Crippen molar-refractivity contribution < 1.29 is 8.42 Å². The highest BCUT2D eigenvalue weighted by Crippen LogP contribution is 2.21. The maximum absolute atomic E-state index is 12.6. The van der Waals surface area contributed by atoms with Crippen LogP contribution >= 0.6 is 0 Å². The van der Waals surface area contributed by atoms with Gasteiger partial charge in [-0.2, -0.15) is 9.40 Å². The first-order valence-electron chi connectivity index (χ1n) is 7.34. The third-order valence-corrected chi connectivity index (χ3v) is 5.84. The van der Waals surface area contributed by atoms with E-state index in [0.717, 1.165) is 19.3 Å². The summed E-state index contributed by atoms with van der Waals surface area (Å²) in [5, 5.41) is 4.11. The number of nitrogens with zero attached hydrogens (tertiary/aromatic N) is 4. The van der Waals surface area contributed by atoms with Crippen molar-refractivity contribution in [2.24, 2.45) is 5.73 Å². The van der Waals surface area contributed by atoms with E-state index < -0.39 is 10.0 Å². The zero-order valence-electron chi connectivity index (χ0n) is 12.8. The van der Waals surface area contributed by atoms with Crippen molar-refractivity contribution in [3.8, 4) is 0 Å². The summed E-state index contributed by atoms with van der Waals surface area (Å²) in [6.07, 6.45) is 5.56. The van der Waals surface area contributed by atoms with Crippen LogP contribution in [-0.2, 0) is 16.6 Å². The highest BCUT2D eigenvalue weighted by Gasteiger charge is 2.30. The molecule has 0 amide bonds. The minimum atomic E-state index is -3.42. The molecule has 1 aliphatic heterocycles. The van der Waals surface area contributed by atoms with E-state index >= 15 is 0 Å². The predicted octanol–water partition coefficient (Wildman–Crippen LogP) is -0.0534. The predicted molar refractivity (Wildman–Crippen MR) is 81.4 cm³/mol. The summed E-state index contributed by atoms with van der Waals surface area (Å²) in [5.41, 5.74) is 5.45. The molecule has 21 heavy (non-hydrogen) atoms. The average Bonchev–Trinajstić information content (AvgIpc) is 2.94. The second-order valence-corrected chi connectivity index (χ2v) is 7.62. The van der Waals surface area contributed by atoms with Gasteiger partial charge in [0.05, 0.1) is 6.20 Å². The van der Waals surface area contributed by atoms with Crippen LogP contribution in [0.25, 0.3) is 0 Å². The Kier molecular flexibility index (Phi) is 5.37. The Morgan fingerprint density at radius 1 is 1.38 bits per heavy atom. The standard InChI is InChI=1S/C13H25N5O2S/c1-16(2)12-4-8-18(9-5-12)21(19,20)13-10-15-17(11-13)7-3-6-14/h10-12H,3-9,14H2,1-2H3. The average molecular weight is 315 g/mol. The van der Waals surface area contributed by atoms with Crippen LogP contribution in [0.4, 0.5) is 0 Å². The fourth-order valence-electron chi connectivity index (χ4n) is 2.60. The summed E-state index contributed by atoms with van der Waals surface area (Å²) in [4.78, 5) is 2.44. The summed E-state index contributed by atoms with van der Waals surface area (Å²) >= 11 is 0. The first kappa shape index (κ1) is 16.4. The van der Waals surface area contributed by atoms with Gasteiger partial charge in [0.2, 0.25) is 10.0 Å². The normalized spacial score (nSPS) is 18.5. The van der Waals surface area contributed by atoms with Gasteiger partial charge in [0, 0.05) is 31.9 Å². The van der Waals surface area contributed by atoms with E-state index in [4.69, 9.17) is 5.73 Å². The zero-order chi connectivity index (χ0) is 15.5. The van der Waals surface area contributed by atoms with Crippen molar-refractivity contribution in [1.29, 1.82) is 0 Å². The summed E-state index contributed by atoms with van der Waals surface area (Å²) < 4.78 is 28.4. The molecule has 0 atom stereocenters. The quantitative estimate of drug-likeness (QED) is 0.795. The minimum Gasteiger partial charge on any atom is -0.330 e. The van der Waals surface area contributed by atoms with Gasteiger partial charge >= 0.3 is 0 Å². The smallest absolute Gasteiger partial charge is 0.246 e. The van der Waals surface area contributed by atoms with Crippen LogP contribution < -0.4 is 5.73 Å². The molecule has 1 aliphatic rings. The Bertz CT molecular complexity index is 547. The lowest BCUT2D eigenvalue weighted by Gasteiger charge is -2.34. The fraction of sp³-hybridized carbons (Fsp3) is 0.769. The molecular weight excluding hydrogens is 290 g/mol. The summed E-state index contributed by atoms with van der Waals surface area (Å²) in [7, 11) is 0.661. The Morgan fingerprint density at radius 3 is 2.62 bits per heavy atom. The van der Waals surface area contributed by atoms with Crippen molar-refractivity contribution in [2.75, 3.05) is 33.7 Å².